The fourth-order valence-corrected chi connectivity index (χ4v) is 2.80. The van der Waals surface area contributed by atoms with Gasteiger partial charge < -0.3 is 5.32 Å². The largest absolute Gasteiger partial charge is 0.352 e. The summed E-state index contributed by atoms with van der Waals surface area (Å²) in [5.74, 6) is -2.65. The molecule has 0 heterocycles. The lowest BCUT2D eigenvalue weighted by molar-refractivity contribution is 0.0944. The van der Waals surface area contributed by atoms with E-state index in [4.69, 9.17) is 5.14 Å². The van der Waals surface area contributed by atoms with Gasteiger partial charge in [0.15, 0.2) is 0 Å². The number of hydrogen-bond acceptors (Lipinski definition) is 3. The molecular formula is C13H16F2N2O3S. The molecule has 116 valence electrons. The number of carbonyl (C=O) groups is 1. The van der Waals surface area contributed by atoms with Crippen molar-refractivity contribution in [3.05, 3.63) is 29.3 Å². The maximum Gasteiger partial charge on any atom is 0.254 e. The van der Waals surface area contributed by atoms with E-state index in [9.17, 15) is 22.0 Å². The van der Waals surface area contributed by atoms with Crippen molar-refractivity contribution in [1.29, 1.82) is 0 Å². The third-order valence-electron chi connectivity index (χ3n) is 3.64. The number of nitrogens with one attached hydrogen (secondary N) is 1. The van der Waals surface area contributed by atoms with E-state index in [-0.39, 0.29) is 0 Å². The van der Waals surface area contributed by atoms with Crippen LogP contribution in [0.2, 0.25) is 0 Å². The number of primary sulfonamides is 1. The quantitative estimate of drug-likeness (QED) is 0.863. The van der Waals surface area contributed by atoms with E-state index < -0.39 is 38.0 Å². The lowest BCUT2D eigenvalue weighted by atomic mass is 9.83. The fraction of sp³-hybridized carbons (Fsp3) is 0.462. The molecule has 3 N–H and O–H groups in total. The summed E-state index contributed by atoms with van der Waals surface area (Å²) in [6, 6.07) is 0.971. The van der Waals surface area contributed by atoms with Crippen molar-refractivity contribution in [2.24, 2.45) is 11.1 Å². The summed E-state index contributed by atoms with van der Waals surface area (Å²) in [6.07, 6.45) is 4.21. The molecule has 1 amide bonds. The van der Waals surface area contributed by atoms with Crippen LogP contribution in [0.5, 0.6) is 0 Å². The number of hydrogen-bond donors (Lipinski definition) is 2. The molecule has 1 aliphatic rings. The molecule has 0 atom stereocenters. The minimum atomic E-state index is -4.36. The third kappa shape index (κ3) is 3.76. The highest BCUT2D eigenvalue weighted by molar-refractivity contribution is 7.89. The molecule has 1 saturated carbocycles. The van der Waals surface area contributed by atoms with Crippen molar-refractivity contribution in [2.75, 3.05) is 6.54 Å². The second kappa shape index (κ2) is 6.07. The highest BCUT2D eigenvalue weighted by Crippen LogP contribution is 2.28. The van der Waals surface area contributed by atoms with E-state index >= 15 is 0 Å². The molecule has 1 fully saturated rings. The van der Waals surface area contributed by atoms with Gasteiger partial charge in [0, 0.05) is 12.6 Å². The third-order valence-corrected chi connectivity index (χ3v) is 4.56. The number of amides is 1. The molecule has 0 aliphatic heterocycles. The van der Waals surface area contributed by atoms with Crippen LogP contribution < -0.4 is 10.5 Å². The maximum absolute atomic E-state index is 13.6. The summed E-state index contributed by atoms with van der Waals surface area (Å²) in [4.78, 5) is 10.9. The van der Waals surface area contributed by atoms with Gasteiger partial charge in [-0.3, -0.25) is 4.79 Å². The first kappa shape index (κ1) is 15.8. The molecule has 0 unspecified atom stereocenters. The Morgan fingerprint density at radius 2 is 1.95 bits per heavy atom. The lowest BCUT2D eigenvalue weighted by Crippen LogP contribution is -2.28. The van der Waals surface area contributed by atoms with Gasteiger partial charge in [-0.25, -0.2) is 22.3 Å². The Hall–Kier alpha value is -1.54. The molecule has 0 radical (unpaired) electrons. The van der Waals surface area contributed by atoms with Gasteiger partial charge in [-0.15, -0.1) is 0 Å². The molecule has 1 aromatic rings. The maximum atomic E-state index is 13.6. The number of carbonyl (C=O) groups excluding carboxylic acids is 1. The van der Waals surface area contributed by atoms with Gasteiger partial charge >= 0.3 is 0 Å². The van der Waals surface area contributed by atoms with Crippen molar-refractivity contribution in [3.63, 3.8) is 0 Å². The van der Waals surface area contributed by atoms with E-state index in [0.717, 1.165) is 19.3 Å². The number of sulfonamides is 1. The molecule has 5 nitrogen and oxygen atoms in total. The standard InChI is InChI=1S/C13H16F2N2O3S/c14-10-7-11(15)12(21(16,19)20)6-9(10)13(18)17-5-4-8-2-1-3-8/h6-8H,1-5H2,(H,17,18)(H2,16,19,20). The monoisotopic (exact) mass is 318 g/mol. The van der Waals surface area contributed by atoms with Gasteiger partial charge in [0.1, 0.15) is 16.5 Å². The van der Waals surface area contributed by atoms with Gasteiger partial charge in [0.05, 0.1) is 5.56 Å². The minimum absolute atomic E-state index is 0.348. The van der Waals surface area contributed by atoms with Crippen LogP contribution in [0.4, 0.5) is 8.78 Å². The van der Waals surface area contributed by atoms with E-state index in [0.29, 0.717) is 24.6 Å². The van der Waals surface area contributed by atoms with E-state index in [2.05, 4.69) is 5.32 Å². The summed E-state index contributed by atoms with van der Waals surface area (Å²) >= 11 is 0. The summed E-state index contributed by atoms with van der Waals surface area (Å²) in [5, 5.41) is 7.32. The number of benzene rings is 1. The van der Waals surface area contributed by atoms with Crippen LogP contribution in [0.15, 0.2) is 17.0 Å². The Balaban J connectivity index is 2.12. The van der Waals surface area contributed by atoms with Crippen LogP contribution in [0, 0.1) is 17.6 Å². The normalized spacial score (nSPS) is 15.6. The first-order valence-electron chi connectivity index (χ1n) is 6.59. The Labute approximate surface area is 121 Å². The molecule has 0 bridgehead atoms. The predicted octanol–water partition coefficient (Wildman–Crippen LogP) is 1.53. The van der Waals surface area contributed by atoms with Crippen LogP contribution in [-0.4, -0.2) is 20.9 Å². The van der Waals surface area contributed by atoms with Crippen LogP contribution in [-0.2, 0) is 10.0 Å². The van der Waals surface area contributed by atoms with Crippen molar-refractivity contribution in [1.82, 2.24) is 5.32 Å². The molecule has 0 saturated heterocycles. The zero-order chi connectivity index (χ0) is 15.6. The van der Waals surface area contributed by atoms with Gasteiger partial charge in [0.25, 0.3) is 5.91 Å². The molecular weight excluding hydrogens is 302 g/mol. The van der Waals surface area contributed by atoms with E-state index in [1.54, 1.807) is 0 Å². The summed E-state index contributed by atoms with van der Waals surface area (Å²) in [5.41, 5.74) is -0.533. The zero-order valence-electron chi connectivity index (χ0n) is 11.2. The van der Waals surface area contributed by atoms with Gasteiger partial charge in [-0.1, -0.05) is 19.3 Å². The van der Waals surface area contributed by atoms with Crippen molar-refractivity contribution in [2.45, 2.75) is 30.6 Å². The SMILES string of the molecule is NS(=O)(=O)c1cc(C(=O)NCCC2CCC2)c(F)cc1F. The zero-order valence-corrected chi connectivity index (χ0v) is 12.1. The molecule has 0 aromatic heterocycles. The number of halogens is 2. The van der Waals surface area contributed by atoms with Gasteiger partial charge in [0.2, 0.25) is 10.0 Å². The van der Waals surface area contributed by atoms with Crippen LogP contribution in [0.25, 0.3) is 0 Å². The summed E-state index contributed by atoms with van der Waals surface area (Å²) in [7, 11) is -4.36. The van der Waals surface area contributed by atoms with Gasteiger partial charge in [-0.2, -0.15) is 0 Å². The highest BCUT2D eigenvalue weighted by atomic mass is 32.2. The average molecular weight is 318 g/mol. The second-order valence-electron chi connectivity index (χ2n) is 5.15. The Morgan fingerprint density at radius 3 is 2.48 bits per heavy atom. The lowest BCUT2D eigenvalue weighted by Gasteiger charge is -2.25. The molecule has 2 rings (SSSR count). The molecule has 1 aromatic carbocycles. The van der Waals surface area contributed by atoms with Crippen molar-refractivity contribution >= 4 is 15.9 Å². The predicted molar refractivity (Wildman–Crippen MR) is 72.0 cm³/mol. The molecule has 1 aliphatic carbocycles. The summed E-state index contributed by atoms with van der Waals surface area (Å²) < 4.78 is 49.3. The highest BCUT2D eigenvalue weighted by Gasteiger charge is 2.22. The molecule has 21 heavy (non-hydrogen) atoms. The first-order chi connectivity index (χ1) is 9.79. The average Bonchev–Trinajstić information content (AvgIpc) is 2.30. The van der Waals surface area contributed by atoms with E-state index in [1.165, 1.54) is 6.42 Å². The van der Waals surface area contributed by atoms with Crippen molar-refractivity contribution < 1.29 is 22.0 Å². The molecule has 0 spiro atoms. The Morgan fingerprint density at radius 1 is 1.29 bits per heavy atom. The Kier molecular flexibility index (Phi) is 4.58. The second-order valence-corrected chi connectivity index (χ2v) is 6.68. The van der Waals surface area contributed by atoms with E-state index in [1.807, 2.05) is 0 Å². The minimum Gasteiger partial charge on any atom is -0.352 e. The van der Waals surface area contributed by atoms with Crippen LogP contribution in [0.1, 0.15) is 36.0 Å². The number of rotatable bonds is 5. The summed E-state index contributed by atoms with van der Waals surface area (Å²) in [6.45, 7) is 0.366. The number of nitrogens with two attached hydrogens (primary N) is 1. The van der Waals surface area contributed by atoms with Crippen LogP contribution in [0.3, 0.4) is 0 Å². The molecule has 8 heteroatoms. The smallest absolute Gasteiger partial charge is 0.254 e. The topological polar surface area (TPSA) is 89.3 Å². The first-order valence-corrected chi connectivity index (χ1v) is 8.13. The Bertz CT molecular complexity index is 658. The van der Waals surface area contributed by atoms with Crippen molar-refractivity contribution in [3.8, 4) is 0 Å². The van der Waals surface area contributed by atoms with Crippen LogP contribution >= 0.6 is 0 Å². The van der Waals surface area contributed by atoms with Gasteiger partial charge in [-0.05, 0) is 18.4 Å². The fourth-order valence-electron chi connectivity index (χ4n) is 2.19.